The van der Waals surface area contributed by atoms with Gasteiger partial charge in [0.15, 0.2) is 0 Å². The van der Waals surface area contributed by atoms with Gasteiger partial charge in [-0.2, -0.15) is 0 Å². The number of hydrogen-bond donors (Lipinski definition) is 0. The highest BCUT2D eigenvalue weighted by Gasteiger charge is 2.44. The highest BCUT2D eigenvalue weighted by molar-refractivity contribution is 5.81. The van der Waals surface area contributed by atoms with Crippen LogP contribution in [0, 0.1) is 5.82 Å². The van der Waals surface area contributed by atoms with E-state index in [4.69, 9.17) is 4.74 Å². The molecule has 4 rings (SSSR count). The van der Waals surface area contributed by atoms with Crippen LogP contribution in [0.4, 0.5) is 4.39 Å². The van der Waals surface area contributed by atoms with E-state index in [1.165, 1.54) is 6.07 Å². The van der Waals surface area contributed by atoms with Crippen molar-refractivity contribution < 1.29 is 13.9 Å². The molecule has 166 valence electrons. The van der Waals surface area contributed by atoms with Gasteiger partial charge in [0.2, 0.25) is 0 Å². The van der Waals surface area contributed by atoms with Gasteiger partial charge in [0, 0.05) is 46.3 Å². The summed E-state index contributed by atoms with van der Waals surface area (Å²) in [5.74, 6) is -0.152. The fraction of sp³-hybridized carbons (Fsp3) is 0.480. The first-order valence-corrected chi connectivity index (χ1v) is 11.0. The van der Waals surface area contributed by atoms with E-state index in [2.05, 4.69) is 16.8 Å². The molecule has 2 heterocycles. The van der Waals surface area contributed by atoms with Gasteiger partial charge in [0.1, 0.15) is 11.9 Å². The third-order valence-corrected chi connectivity index (χ3v) is 6.40. The summed E-state index contributed by atoms with van der Waals surface area (Å²) in [5.41, 5.74) is 1.82. The Morgan fingerprint density at radius 2 is 1.84 bits per heavy atom. The minimum absolute atomic E-state index is 0.0389. The minimum Gasteiger partial charge on any atom is -0.359 e. The van der Waals surface area contributed by atoms with Crippen molar-refractivity contribution >= 4 is 5.91 Å². The van der Waals surface area contributed by atoms with E-state index < -0.39 is 6.10 Å². The van der Waals surface area contributed by atoms with Crippen LogP contribution in [0.3, 0.4) is 0 Å². The van der Waals surface area contributed by atoms with Crippen molar-refractivity contribution in [2.24, 2.45) is 0 Å². The van der Waals surface area contributed by atoms with E-state index in [0.717, 1.165) is 50.1 Å². The van der Waals surface area contributed by atoms with Crippen molar-refractivity contribution in [1.82, 2.24) is 14.7 Å². The topological polar surface area (TPSA) is 36.0 Å². The number of morpholine rings is 1. The summed E-state index contributed by atoms with van der Waals surface area (Å²) in [4.78, 5) is 19.5. The number of nitrogens with zero attached hydrogens (tertiary/aromatic N) is 3. The number of rotatable bonds is 5. The number of carbonyl (C=O) groups excluding carboxylic acids is 1. The van der Waals surface area contributed by atoms with E-state index in [-0.39, 0.29) is 17.3 Å². The molecular weight excluding hydrogens is 393 g/mol. The van der Waals surface area contributed by atoms with Gasteiger partial charge in [0.25, 0.3) is 5.91 Å². The summed E-state index contributed by atoms with van der Waals surface area (Å²) >= 11 is 0. The van der Waals surface area contributed by atoms with Gasteiger partial charge in [-0.25, -0.2) is 4.39 Å². The van der Waals surface area contributed by atoms with Crippen LogP contribution in [0.2, 0.25) is 0 Å². The lowest BCUT2D eigenvalue weighted by molar-refractivity contribution is -0.188. The summed E-state index contributed by atoms with van der Waals surface area (Å²) in [6.07, 6.45) is 1.31. The molecule has 0 N–H and O–H groups in total. The molecular formula is C25H32FN3O2. The Morgan fingerprint density at radius 3 is 2.55 bits per heavy atom. The second-order valence-electron chi connectivity index (χ2n) is 9.07. The number of amides is 1. The zero-order chi connectivity index (χ0) is 21.8. The number of hydrogen-bond acceptors (Lipinski definition) is 4. The van der Waals surface area contributed by atoms with Gasteiger partial charge in [0.05, 0.1) is 5.60 Å². The SMILES string of the molecule is CN1C[C@H](C(=O)N(C)Cc2ccccc2)OC2(CCN(Cc3cccc(F)c3)CC2)C1. The lowest BCUT2D eigenvalue weighted by Crippen LogP contribution is -2.61. The molecule has 1 spiro atoms. The van der Waals surface area contributed by atoms with Crippen LogP contribution in [-0.2, 0) is 22.6 Å². The lowest BCUT2D eigenvalue weighted by atomic mass is 9.88. The van der Waals surface area contributed by atoms with E-state index in [1.807, 2.05) is 43.4 Å². The van der Waals surface area contributed by atoms with Crippen molar-refractivity contribution in [3.05, 3.63) is 71.5 Å². The fourth-order valence-corrected chi connectivity index (χ4v) is 4.81. The van der Waals surface area contributed by atoms with E-state index >= 15 is 0 Å². The molecule has 1 amide bonds. The first-order chi connectivity index (χ1) is 14.9. The second-order valence-corrected chi connectivity index (χ2v) is 9.07. The van der Waals surface area contributed by atoms with Crippen LogP contribution < -0.4 is 0 Å². The summed E-state index contributed by atoms with van der Waals surface area (Å²) in [5, 5.41) is 0. The van der Waals surface area contributed by atoms with Crippen LogP contribution in [0.25, 0.3) is 0 Å². The molecule has 2 aromatic carbocycles. The average molecular weight is 426 g/mol. The Labute approximate surface area is 184 Å². The maximum absolute atomic E-state index is 13.5. The summed E-state index contributed by atoms with van der Waals surface area (Å²) in [7, 11) is 3.92. The van der Waals surface area contributed by atoms with E-state index in [0.29, 0.717) is 13.1 Å². The molecule has 2 fully saturated rings. The minimum atomic E-state index is -0.442. The van der Waals surface area contributed by atoms with Crippen LogP contribution in [0.5, 0.6) is 0 Å². The quantitative estimate of drug-likeness (QED) is 0.738. The molecule has 0 saturated carbocycles. The molecule has 0 bridgehead atoms. The Hall–Kier alpha value is -2.28. The maximum atomic E-state index is 13.5. The van der Waals surface area contributed by atoms with E-state index in [9.17, 15) is 9.18 Å². The van der Waals surface area contributed by atoms with Gasteiger partial charge in [-0.15, -0.1) is 0 Å². The molecule has 2 aliphatic rings. The lowest BCUT2D eigenvalue weighted by Gasteiger charge is -2.49. The highest BCUT2D eigenvalue weighted by atomic mass is 19.1. The zero-order valence-electron chi connectivity index (χ0n) is 18.5. The predicted molar refractivity (Wildman–Crippen MR) is 119 cm³/mol. The van der Waals surface area contributed by atoms with Gasteiger partial charge >= 0.3 is 0 Å². The van der Waals surface area contributed by atoms with Crippen molar-refractivity contribution in [1.29, 1.82) is 0 Å². The van der Waals surface area contributed by atoms with Gasteiger partial charge in [-0.1, -0.05) is 42.5 Å². The Balaban J connectivity index is 1.35. The third kappa shape index (κ3) is 5.50. The molecule has 31 heavy (non-hydrogen) atoms. The molecule has 0 aliphatic carbocycles. The summed E-state index contributed by atoms with van der Waals surface area (Å²) in [6, 6.07) is 16.8. The number of ether oxygens (including phenoxy) is 1. The molecule has 5 nitrogen and oxygen atoms in total. The Bertz CT molecular complexity index is 883. The number of likely N-dealkylation sites (tertiary alicyclic amines) is 1. The number of likely N-dealkylation sites (N-methyl/N-ethyl adjacent to an activating group) is 2. The van der Waals surface area contributed by atoms with E-state index in [1.54, 1.807) is 17.0 Å². The van der Waals surface area contributed by atoms with Gasteiger partial charge in [-0.05, 0) is 43.1 Å². The molecule has 0 aromatic heterocycles. The second kappa shape index (κ2) is 9.47. The third-order valence-electron chi connectivity index (χ3n) is 6.40. The Kier molecular flexibility index (Phi) is 6.70. The van der Waals surface area contributed by atoms with Crippen LogP contribution >= 0.6 is 0 Å². The summed E-state index contributed by atoms with van der Waals surface area (Å²) in [6.45, 7) is 4.54. The average Bonchev–Trinajstić information content (AvgIpc) is 2.75. The molecule has 6 heteroatoms. The molecule has 2 saturated heterocycles. The molecule has 2 aliphatic heterocycles. The normalized spacial score (nSPS) is 21.8. The van der Waals surface area contributed by atoms with Crippen molar-refractivity contribution in [3.63, 3.8) is 0 Å². The fourth-order valence-electron chi connectivity index (χ4n) is 4.81. The monoisotopic (exact) mass is 425 g/mol. The maximum Gasteiger partial charge on any atom is 0.253 e. The van der Waals surface area contributed by atoms with Gasteiger partial charge in [-0.3, -0.25) is 9.69 Å². The molecule has 0 unspecified atom stereocenters. The van der Waals surface area contributed by atoms with Crippen LogP contribution in [-0.4, -0.2) is 72.6 Å². The first-order valence-electron chi connectivity index (χ1n) is 11.0. The number of benzene rings is 2. The smallest absolute Gasteiger partial charge is 0.253 e. The van der Waals surface area contributed by atoms with Crippen LogP contribution in [0.1, 0.15) is 24.0 Å². The predicted octanol–water partition coefficient (Wildman–Crippen LogP) is 3.15. The van der Waals surface area contributed by atoms with Crippen molar-refractivity contribution in [2.75, 3.05) is 40.3 Å². The highest BCUT2D eigenvalue weighted by Crippen LogP contribution is 2.33. The molecule has 0 radical (unpaired) electrons. The number of piperidine rings is 1. The van der Waals surface area contributed by atoms with Crippen molar-refractivity contribution in [2.45, 2.75) is 37.6 Å². The standard InChI is InChI=1S/C25H32FN3O2/c1-27-18-23(24(30)28(2)16-20-7-4-3-5-8-20)31-25(19-27)11-13-29(14-12-25)17-21-9-6-10-22(26)15-21/h3-10,15,23H,11-14,16-19H2,1-2H3/t23-/m1/s1. The summed E-state index contributed by atoms with van der Waals surface area (Å²) < 4.78 is 20.0. The molecule has 1 atom stereocenters. The van der Waals surface area contributed by atoms with Gasteiger partial charge < -0.3 is 14.5 Å². The molecule has 2 aromatic rings. The van der Waals surface area contributed by atoms with Crippen molar-refractivity contribution in [3.8, 4) is 0 Å². The number of carbonyl (C=O) groups is 1. The number of halogens is 1. The largest absolute Gasteiger partial charge is 0.359 e. The zero-order valence-corrected chi connectivity index (χ0v) is 18.5. The first kappa shape index (κ1) is 21.9. The Morgan fingerprint density at radius 1 is 1.13 bits per heavy atom. The van der Waals surface area contributed by atoms with Crippen LogP contribution in [0.15, 0.2) is 54.6 Å².